The Balaban J connectivity index is 0.703. The maximum absolute atomic E-state index is 13.4. The highest BCUT2D eigenvalue weighted by Crippen LogP contribution is 2.38. The second kappa shape index (κ2) is 16.5. The summed E-state index contributed by atoms with van der Waals surface area (Å²) in [7, 11) is 1.88. The van der Waals surface area contributed by atoms with Gasteiger partial charge in [-0.15, -0.1) is 0 Å². The number of piperidine rings is 3. The smallest absolute Gasteiger partial charge is 0.271 e. The van der Waals surface area contributed by atoms with Crippen LogP contribution >= 0.6 is 0 Å². The normalized spacial score (nSPS) is 26.8. The number of nitrogens with zero attached hydrogens (tertiary/aromatic N) is 8. The van der Waals surface area contributed by atoms with Crippen LogP contribution in [-0.4, -0.2) is 139 Å². The second-order valence-electron chi connectivity index (χ2n) is 18.7. The van der Waals surface area contributed by atoms with E-state index in [0.29, 0.717) is 40.5 Å². The summed E-state index contributed by atoms with van der Waals surface area (Å²) in [6.45, 7) is 9.33. The molecule has 0 saturated carbocycles. The van der Waals surface area contributed by atoms with E-state index >= 15 is 0 Å². The average Bonchev–Trinajstić information content (AvgIpc) is 4.02. The summed E-state index contributed by atoms with van der Waals surface area (Å²) in [6.07, 6.45) is 6.79. The Morgan fingerprint density at radius 3 is 2.19 bits per heavy atom. The number of nitrogens with one attached hydrogen (secondary N) is 2. The summed E-state index contributed by atoms with van der Waals surface area (Å²) in [4.78, 5) is 97.6. The van der Waals surface area contributed by atoms with Gasteiger partial charge >= 0.3 is 0 Å². The molecule has 6 fully saturated rings. The summed E-state index contributed by atoms with van der Waals surface area (Å²) in [5.74, 6) is 0.713. The number of imide groups is 2. The number of anilines is 5. The van der Waals surface area contributed by atoms with Crippen molar-refractivity contribution in [3.05, 3.63) is 65.5 Å². The van der Waals surface area contributed by atoms with Crippen molar-refractivity contribution >= 4 is 64.1 Å². The molecule has 0 radical (unpaired) electrons. The number of nitrogens with two attached hydrogens (primary N) is 1. The highest BCUT2D eigenvalue weighted by atomic mass is 16.2. The number of fused-ring (bicyclic) bond motifs is 2. The molecule has 330 valence electrons. The van der Waals surface area contributed by atoms with Crippen molar-refractivity contribution in [1.29, 1.82) is 0 Å². The van der Waals surface area contributed by atoms with Crippen molar-refractivity contribution in [2.45, 2.75) is 51.0 Å². The third-order valence-corrected chi connectivity index (χ3v) is 14.8. The zero-order chi connectivity index (χ0) is 43.5. The molecule has 3 aromatic rings. The van der Waals surface area contributed by atoms with E-state index < -0.39 is 29.7 Å². The molecule has 2 aromatic carbocycles. The molecule has 4 unspecified atom stereocenters. The first-order valence-electron chi connectivity index (χ1n) is 22.6. The van der Waals surface area contributed by atoms with E-state index in [9.17, 15) is 28.8 Å². The first-order chi connectivity index (χ1) is 30.5. The standard InChI is InChI=1S/C46H55N11O6/c1-52-16-14-34(44(52)61)28-3-2-15-55(24-28)38-20-48-40(41(47)59)42(50-38)49-31-4-6-32(7-5-31)56-25-29-22-53(23-30(29)26-56)21-27-12-17-54(18-13-27)33-8-9-35-36(19-33)46(63)57(45(35)62)37-10-11-39(58)51-43(37)60/h4-9,19-20,27-30,34,37H,2-3,10-18,21-26H2,1H3,(H2,47,59)(H,49,50)(H,51,58,60)/t28-,29?,30?,34?,37?/m1/s1. The first kappa shape index (κ1) is 40.9. The summed E-state index contributed by atoms with van der Waals surface area (Å²) in [5, 5.41) is 5.57. The minimum Gasteiger partial charge on any atom is -0.371 e. The van der Waals surface area contributed by atoms with Crippen LogP contribution in [0.25, 0.3) is 0 Å². The number of carbonyl (C=O) groups is 6. The van der Waals surface area contributed by atoms with Gasteiger partial charge in [-0.25, -0.2) is 9.97 Å². The van der Waals surface area contributed by atoms with Crippen LogP contribution in [0, 0.1) is 29.6 Å². The number of likely N-dealkylation sites (tertiary alicyclic amines) is 2. The fourth-order valence-corrected chi connectivity index (χ4v) is 11.4. The number of hydrogen-bond donors (Lipinski definition) is 3. The molecule has 5 atom stereocenters. The zero-order valence-electron chi connectivity index (χ0n) is 35.7. The van der Waals surface area contributed by atoms with Gasteiger partial charge in [0.15, 0.2) is 11.5 Å². The Kier molecular flexibility index (Phi) is 10.8. The second-order valence-corrected chi connectivity index (χ2v) is 18.7. The molecular formula is C46H55N11O6. The molecule has 0 spiro atoms. The average molecular weight is 858 g/mol. The maximum atomic E-state index is 13.4. The third kappa shape index (κ3) is 7.84. The predicted molar refractivity (Wildman–Crippen MR) is 235 cm³/mol. The summed E-state index contributed by atoms with van der Waals surface area (Å²) in [5.41, 5.74) is 9.31. The van der Waals surface area contributed by atoms with Crippen LogP contribution in [0.2, 0.25) is 0 Å². The van der Waals surface area contributed by atoms with E-state index in [-0.39, 0.29) is 42.2 Å². The molecule has 6 saturated heterocycles. The molecule has 7 aliphatic heterocycles. The van der Waals surface area contributed by atoms with E-state index in [1.807, 2.05) is 30.1 Å². The number of benzene rings is 2. The number of amides is 6. The Morgan fingerprint density at radius 1 is 0.778 bits per heavy atom. The Hall–Kier alpha value is -6.10. The van der Waals surface area contributed by atoms with E-state index in [4.69, 9.17) is 10.7 Å². The molecule has 17 nitrogen and oxygen atoms in total. The highest BCUT2D eigenvalue weighted by molar-refractivity contribution is 6.23. The lowest BCUT2D eigenvalue weighted by molar-refractivity contribution is -0.136. The Morgan fingerprint density at radius 2 is 1.49 bits per heavy atom. The molecule has 17 heteroatoms. The molecule has 63 heavy (non-hydrogen) atoms. The SMILES string of the molecule is CN1CCC([C@@H]2CCCN(c3cnc(C(N)=O)c(Nc4ccc(N5CC6CN(CC7CCN(c8ccc9c(c8)C(=O)N(C8CCC(=O)NC8=O)C9=O)CC7)CC6C5)cc4)n3)C2)C1=O. The molecule has 0 bridgehead atoms. The molecule has 0 aliphatic carbocycles. The lowest BCUT2D eigenvalue weighted by Crippen LogP contribution is -2.54. The van der Waals surface area contributed by atoms with Crippen LogP contribution in [0.15, 0.2) is 48.7 Å². The van der Waals surface area contributed by atoms with Crippen molar-refractivity contribution in [1.82, 2.24) is 30.0 Å². The summed E-state index contributed by atoms with van der Waals surface area (Å²) in [6, 6.07) is 12.7. The Bertz CT molecular complexity index is 2340. The molecule has 6 amide bonds. The number of primary amides is 1. The van der Waals surface area contributed by atoms with Gasteiger partial charge in [-0.3, -0.25) is 39.0 Å². The maximum Gasteiger partial charge on any atom is 0.271 e. The van der Waals surface area contributed by atoms with Gasteiger partial charge in [0.2, 0.25) is 17.7 Å². The largest absolute Gasteiger partial charge is 0.371 e. The molecule has 1 aromatic heterocycles. The predicted octanol–water partition coefficient (Wildman–Crippen LogP) is 2.70. The number of aromatic nitrogens is 2. The van der Waals surface area contributed by atoms with Gasteiger partial charge in [0.25, 0.3) is 17.7 Å². The fourth-order valence-electron chi connectivity index (χ4n) is 11.4. The van der Waals surface area contributed by atoms with Crippen molar-refractivity contribution in [3.8, 4) is 0 Å². The summed E-state index contributed by atoms with van der Waals surface area (Å²) >= 11 is 0. The van der Waals surface area contributed by atoms with Gasteiger partial charge < -0.3 is 35.6 Å². The number of carbonyl (C=O) groups excluding carboxylic acids is 6. The minimum absolute atomic E-state index is 0.0391. The van der Waals surface area contributed by atoms with Crippen LogP contribution in [0.3, 0.4) is 0 Å². The Labute approximate surface area is 366 Å². The topological polar surface area (TPSA) is 198 Å². The van der Waals surface area contributed by atoms with E-state index in [1.165, 1.54) is 0 Å². The lowest BCUT2D eigenvalue weighted by atomic mass is 9.84. The van der Waals surface area contributed by atoms with Crippen LogP contribution in [0.4, 0.5) is 28.7 Å². The quantitative estimate of drug-likeness (QED) is 0.252. The molecule has 4 N–H and O–H groups in total. The van der Waals surface area contributed by atoms with Gasteiger partial charge in [-0.2, -0.15) is 0 Å². The zero-order valence-corrected chi connectivity index (χ0v) is 35.7. The number of rotatable bonds is 10. The van der Waals surface area contributed by atoms with Crippen molar-refractivity contribution in [2.24, 2.45) is 35.3 Å². The van der Waals surface area contributed by atoms with E-state index in [2.05, 4.69) is 47.3 Å². The van der Waals surface area contributed by atoms with E-state index in [1.54, 1.807) is 18.3 Å². The third-order valence-electron chi connectivity index (χ3n) is 14.8. The molecule has 8 heterocycles. The van der Waals surface area contributed by atoms with Gasteiger partial charge in [-0.1, -0.05) is 0 Å². The first-order valence-corrected chi connectivity index (χ1v) is 22.6. The van der Waals surface area contributed by atoms with Crippen molar-refractivity contribution < 1.29 is 28.8 Å². The molecular weight excluding hydrogens is 803 g/mol. The highest BCUT2D eigenvalue weighted by Gasteiger charge is 2.45. The van der Waals surface area contributed by atoms with Crippen LogP contribution in [-0.2, 0) is 14.4 Å². The van der Waals surface area contributed by atoms with Gasteiger partial charge in [0.1, 0.15) is 11.9 Å². The van der Waals surface area contributed by atoms with Crippen molar-refractivity contribution in [3.63, 3.8) is 0 Å². The minimum atomic E-state index is -0.970. The fraction of sp³-hybridized carbons (Fsp3) is 0.522. The van der Waals surface area contributed by atoms with Gasteiger partial charge in [0.05, 0.1) is 17.3 Å². The van der Waals surface area contributed by atoms with Gasteiger partial charge in [-0.05, 0) is 105 Å². The van der Waals surface area contributed by atoms with Gasteiger partial charge in [0, 0.05) is 102 Å². The van der Waals surface area contributed by atoms with Crippen molar-refractivity contribution in [2.75, 3.05) is 92.5 Å². The molecule has 7 aliphatic rings. The molecule has 10 rings (SSSR count). The van der Waals surface area contributed by atoms with Crippen LogP contribution in [0.5, 0.6) is 0 Å². The van der Waals surface area contributed by atoms with Crippen LogP contribution < -0.4 is 31.1 Å². The van der Waals surface area contributed by atoms with E-state index in [0.717, 1.165) is 120 Å². The monoisotopic (exact) mass is 857 g/mol. The van der Waals surface area contributed by atoms with Crippen LogP contribution in [0.1, 0.15) is 76.2 Å². The summed E-state index contributed by atoms with van der Waals surface area (Å²) < 4.78 is 0. The number of hydrogen-bond acceptors (Lipinski definition) is 13. The lowest BCUT2D eigenvalue weighted by Gasteiger charge is -2.35.